The van der Waals surface area contributed by atoms with Gasteiger partial charge in [-0.3, -0.25) is 0 Å². The van der Waals surface area contributed by atoms with Crippen LogP contribution in [0.2, 0.25) is 0 Å². The summed E-state index contributed by atoms with van der Waals surface area (Å²) in [5.74, 6) is 0. The Balaban J connectivity index is 1.22. The Morgan fingerprint density at radius 3 is 1.40 bits per heavy atom. The Kier molecular flexibility index (Phi) is 5.89. The van der Waals surface area contributed by atoms with Crippen LogP contribution in [0, 0.1) is 0 Å². The lowest BCUT2D eigenvalue weighted by Gasteiger charge is -2.18. The Morgan fingerprint density at radius 2 is 0.733 bits per heavy atom. The van der Waals surface area contributed by atoms with Gasteiger partial charge in [-0.2, -0.15) is 0 Å². The van der Waals surface area contributed by atoms with Crippen LogP contribution < -0.4 is 0 Å². The smallest absolute Gasteiger partial charge is 0.143 e. The minimum Gasteiger partial charge on any atom is -0.455 e. The molecule has 1 nitrogen and oxygen atoms in total. The summed E-state index contributed by atoms with van der Waals surface area (Å²) >= 11 is 0. The van der Waals surface area contributed by atoms with Gasteiger partial charge in [-0.1, -0.05) is 152 Å². The topological polar surface area (TPSA) is 13.1 Å². The summed E-state index contributed by atoms with van der Waals surface area (Å²) in [4.78, 5) is 0. The summed E-state index contributed by atoms with van der Waals surface area (Å²) < 4.78 is 6.38. The van der Waals surface area contributed by atoms with Crippen molar-refractivity contribution < 1.29 is 4.42 Å². The van der Waals surface area contributed by atoms with Gasteiger partial charge in [0.25, 0.3) is 0 Å². The second-order valence-electron chi connectivity index (χ2n) is 11.6. The van der Waals surface area contributed by atoms with Gasteiger partial charge in [0.15, 0.2) is 0 Å². The Hall–Kier alpha value is -5.92. The Bertz CT molecular complexity index is 2480. The third-order valence-electron chi connectivity index (χ3n) is 9.06. The van der Waals surface area contributed by atoms with Gasteiger partial charge in [-0.15, -0.1) is 0 Å². The predicted octanol–water partition coefficient (Wildman–Crippen LogP) is 12.6. The molecule has 0 radical (unpaired) electrons. The minimum atomic E-state index is 0.918. The summed E-state index contributed by atoms with van der Waals surface area (Å²) in [6, 6.07) is 61.0. The molecule has 0 unspecified atom stereocenters. The van der Waals surface area contributed by atoms with Gasteiger partial charge in [0, 0.05) is 16.3 Å². The zero-order chi connectivity index (χ0) is 29.7. The highest BCUT2D eigenvalue weighted by Crippen LogP contribution is 2.44. The van der Waals surface area contributed by atoms with Gasteiger partial charge in [0.1, 0.15) is 11.2 Å². The maximum Gasteiger partial charge on any atom is 0.143 e. The number of hydrogen-bond donors (Lipinski definition) is 0. The summed E-state index contributed by atoms with van der Waals surface area (Å²) in [6.07, 6.45) is 0. The molecule has 0 saturated heterocycles. The molecule has 0 fully saturated rings. The van der Waals surface area contributed by atoms with Crippen molar-refractivity contribution in [3.63, 3.8) is 0 Å². The van der Waals surface area contributed by atoms with Crippen molar-refractivity contribution in [2.24, 2.45) is 0 Å². The first kappa shape index (κ1) is 25.6. The van der Waals surface area contributed by atoms with Crippen molar-refractivity contribution in [2.75, 3.05) is 0 Å². The Labute approximate surface area is 261 Å². The molecule has 0 atom stereocenters. The first-order valence-electron chi connectivity index (χ1n) is 15.4. The lowest BCUT2D eigenvalue weighted by atomic mass is 9.85. The number of hydrogen-bond acceptors (Lipinski definition) is 1. The van der Waals surface area contributed by atoms with Gasteiger partial charge < -0.3 is 4.42 Å². The molecule has 0 bridgehead atoms. The average Bonchev–Trinajstić information content (AvgIpc) is 3.50. The van der Waals surface area contributed by atoms with E-state index in [0.29, 0.717) is 0 Å². The van der Waals surface area contributed by atoms with Crippen LogP contribution in [-0.2, 0) is 0 Å². The zero-order valence-electron chi connectivity index (χ0n) is 24.6. The second-order valence-corrected chi connectivity index (χ2v) is 11.6. The van der Waals surface area contributed by atoms with Crippen molar-refractivity contribution in [1.82, 2.24) is 0 Å². The fourth-order valence-corrected chi connectivity index (χ4v) is 7.05. The van der Waals surface area contributed by atoms with E-state index >= 15 is 0 Å². The van der Waals surface area contributed by atoms with E-state index in [4.69, 9.17) is 4.42 Å². The molecule has 0 saturated carbocycles. The predicted molar refractivity (Wildman–Crippen MR) is 190 cm³/mol. The van der Waals surface area contributed by atoms with Crippen LogP contribution >= 0.6 is 0 Å². The molecule has 0 amide bonds. The van der Waals surface area contributed by atoms with E-state index in [1.54, 1.807) is 0 Å². The van der Waals surface area contributed by atoms with Crippen LogP contribution in [0.4, 0.5) is 0 Å². The van der Waals surface area contributed by atoms with Crippen LogP contribution in [0.15, 0.2) is 174 Å². The third-order valence-corrected chi connectivity index (χ3v) is 9.06. The van der Waals surface area contributed by atoms with E-state index in [1.165, 1.54) is 54.9 Å². The molecule has 1 heteroatoms. The van der Waals surface area contributed by atoms with Crippen molar-refractivity contribution in [1.29, 1.82) is 0 Å². The van der Waals surface area contributed by atoms with Crippen LogP contribution in [0.5, 0.6) is 0 Å². The van der Waals surface area contributed by atoms with Crippen molar-refractivity contribution in [3.8, 4) is 44.5 Å². The van der Waals surface area contributed by atoms with Crippen LogP contribution in [0.25, 0.3) is 88.0 Å². The minimum absolute atomic E-state index is 0.918. The lowest BCUT2D eigenvalue weighted by Crippen LogP contribution is -1.91. The molecule has 1 aromatic heterocycles. The Morgan fingerprint density at radius 1 is 0.289 bits per heavy atom. The van der Waals surface area contributed by atoms with Crippen molar-refractivity contribution in [3.05, 3.63) is 170 Å². The van der Waals surface area contributed by atoms with Crippen LogP contribution in [0.3, 0.4) is 0 Å². The van der Waals surface area contributed by atoms with Crippen molar-refractivity contribution >= 4 is 43.5 Å². The highest BCUT2D eigenvalue weighted by atomic mass is 16.3. The number of furan rings is 1. The summed E-state index contributed by atoms with van der Waals surface area (Å²) in [6.45, 7) is 0. The van der Waals surface area contributed by atoms with E-state index in [-0.39, 0.29) is 0 Å². The molecule has 0 spiro atoms. The van der Waals surface area contributed by atoms with Gasteiger partial charge in [-0.05, 0) is 78.7 Å². The average molecular weight is 573 g/mol. The SMILES string of the molecule is c1ccc(-c2c3ccccc3c(-c3cccc(-c4cccc(-c5cccc6c5oc5ccccc56)c4)c3)c3ccccc23)cc1. The standard InChI is InChI=1S/C44H28O/c1-2-13-29(14-3-1)42-36-20-4-6-22-38(36)43(39-23-7-5-21-37(39)42)33-18-11-16-31(28-33)30-15-10-17-32(27-30)34-24-12-25-40-35-19-8-9-26-41(35)45-44(34)40/h1-28H. The lowest BCUT2D eigenvalue weighted by molar-refractivity contribution is 0.670. The van der Waals surface area contributed by atoms with Gasteiger partial charge in [-0.25, -0.2) is 0 Å². The number of fused-ring (bicyclic) bond motifs is 5. The maximum atomic E-state index is 6.38. The van der Waals surface area contributed by atoms with E-state index in [2.05, 4.69) is 158 Å². The molecule has 8 aromatic carbocycles. The normalized spacial score (nSPS) is 11.6. The highest BCUT2D eigenvalue weighted by molar-refractivity contribution is 6.21. The van der Waals surface area contributed by atoms with E-state index < -0.39 is 0 Å². The van der Waals surface area contributed by atoms with Gasteiger partial charge in [0.05, 0.1) is 0 Å². The molecule has 210 valence electrons. The monoisotopic (exact) mass is 572 g/mol. The van der Waals surface area contributed by atoms with E-state index in [9.17, 15) is 0 Å². The summed E-state index contributed by atoms with van der Waals surface area (Å²) in [7, 11) is 0. The zero-order valence-corrected chi connectivity index (χ0v) is 24.6. The number of para-hydroxylation sites is 2. The van der Waals surface area contributed by atoms with Crippen molar-refractivity contribution in [2.45, 2.75) is 0 Å². The number of benzene rings is 8. The summed E-state index contributed by atoms with van der Waals surface area (Å²) in [5.41, 5.74) is 11.5. The highest BCUT2D eigenvalue weighted by Gasteiger charge is 2.17. The molecule has 45 heavy (non-hydrogen) atoms. The molecule has 1 heterocycles. The fourth-order valence-electron chi connectivity index (χ4n) is 7.05. The first-order chi connectivity index (χ1) is 22.3. The maximum absolute atomic E-state index is 6.38. The first-order valence-corrected chi connectivity index (χ1v) is 15.4. The molecule has 9 rings (SSSR count). The molecular weight excluding hydrogens is 544 g/mol. The van der Waals surface area contributed by atoms with Gasteiger partial charge in [0.2, 0.25) is 0 Å². The molecule has 0 aliphatic heterocycles. The third kappa shape index (κ3) is 4.17. The molecule has 0 N–H and O–H groups in total. The molecular formula is C44H28O. The van der Waals surface area contributed by atoms with E-state index in [0.717, 1.165) is 33.1 Å². The largest absolute Gasteiger partial charge is 0.455 e. The van der Waals surface area contributed by atoms with E-state index in [1.807, 2.05) is 12.1 Å². The molecule has 9 aromatic rings. The van der Waals surface area contributed by atoms with Crippen LogP contribution in [-0.4, -0.2) is 0 Å². The fraction of sp³-hybridized carbons (Fsp3) is 0. The summed E-state index contributed by atoms with van der Waals surface area (Å²) in [5, 5.41) is 7.35. The quantitative estimate of drug-likeness (QED) is 0.191. The van der Waals surface area contributed by atoms with Gasteiger partial charge >= 0.3 is 0 Å². The second kappa shape index (κ2) is 10.4. The molecule has 0 aliphatic carbocycles. The number of rotatable bonds is 4. The van der Waals surface area contributed by atoms with Crippen LogP contribution in [0.1, 0.15) is 0 Å². The molecule has 0 aliphatic rings.